The van der Waals surface area contributed by atoms with Gasteiger partial charge in [0.05, 0.1) is 27.6 Å². The lowest BCUT2D eigenvalue weighted by Crippen LogP contribution is -2.30. The van der Waals surface area contributed by atoms with Gasteiger partial charge in [-0.05, 0) is 29.8 Å². The molecule has 4 rings (SSSR count). The molecular formula is C24H23N3O6. The van der Waals surface area contributed by atoms with E-state index in [1.807, 2.05) is 30.3 Å². The van der Waals surface area contributed by atoms with Crippen LogP contribution in [-0.2, 0) is 6.42 Å². The minimum atomic E-state index is -0.576. The van der Waals surface area contributed by atoms with Crippen LogP contribution in [0.15, 0.2) is 69.8 Å². The molecule has 0 unspecified atom stereocenters. The van der Waals surface area contributed by atoms with Crippen LogP contribution in [0.1, 0.15) is 28.1 Å². The molecule has 0 aliphatic heterocycles. The van der Waals surface area contributed by atoms with Gasteiger partial charge in [0.2, 0.25) is 17.5 Å². The van der Waals surface area contributed by atoms with Gasteiger partial charge in [0.1, 0.15) is 6.04 Å². The third-order valence-corrected chi connectivity index (χ3v) is 5.00. The number of carbonyl (C=O) groups is 1. The first-order valence-electron chi connectivity index (χ1n) is 10.1. The second-order valence-electron chi connectivity index (χ2n) is 7.06. The standard InChI is InChI=1S/C24H23N3O6/c1-29-19-13-16(14-20(30-2)21(19)31-3)22-26-24(33-27-22)17(12-15-8-5-4-6-9-15)25-23(28)18-10-7-11-32-18/h4-11,13-14,17H,12H2,1-3H3,(H,25,28)/t17-/m1/s1. The summed E-state index contributed by atoms with van der Waals surface area (Å²) in [5, 5.41) is 7.03. The molecule has 0 fully saturated rings. The molecule has 1 amide bonds. The third kappa shape index (κ3) is 4.82. The number of carbonyl (C=O) groups excluding carboxylic acids is 1. The van der Waals surface area contributed by atoms with Crippen LogP contribution in [0.2, 0.25) is 0 Å². The number of rotatable bonds is 9. The van der Waals surface area contributed by atoms with Crippen LogP contribution in [0.25, 0.3) is 11.4 Å². The highest BCUT2D eigenvalue weighted by molar-refractivity contribution is 5.91. The maximum atomic E-state index is 12.7. The van der Waals surface area contributed by atoms with Gasteiger partial charge in [-0.15, -0.1) is 0 Å². The topological polar surface area (TPSA) is 109 Å². The fraction of sp³-hybridized carbons (Fsp3) is 0.208. The summed E-state index contributed by atoms with van der Waals surface area (Å²) in [6, 6.07) is 15.8. The first-order valence-corrected chi connectivity index (χ1v) is 10.1. The number of amides is 1. The third-order valence-electron chi connectivity index (χ3n) is 5.00. The molecule has 0 saturated heterocycles. The van der Waals surface area contributed by atoms with Crippen molar-refractivity contribution in [2.45, 2.75) is 12.5 Å². The summed E-state index contributed by atoms with van der Waals surface area (Å²) in [6.07, 6.45) is 1.89. The van der Waals surface area contributed by atoms with E-state index in [2.05, 4.69) is 15.5 Å². The van der Waals surface area contributed by atoms with Crippen molar-refractivity contribution < 1.29 is 27.9 Å². The molecule has 4 aromatic rings. The van der Waals surface area contributed by atoms with Crippen LogP contribution >= 0.6 is 0 Å². The van der Waals surface area contributed by atoms with E-state index in [0.717, 1.165) is 5.56 Å². The second-order valence-corrected chi connectivity index (χ2v) is 7.06. The van der Waals surface area contributed by atoms with Crippen LogP contribution in [0.4, 0.5) is 0 Å². The molecule has 2 heterocycles. The number of benzene rings is 2. The number of furan rings is 1. The summed E-state index contributed by atoms with van der Waals surface area (Å²) < 4.78 is 27.0. The molecule has 0 bridgehead atoms. The largest absolute Gasteiger partial charge is 0.493 e. The van der Waals surface area contributed by atoms with Gasteiger partial charge >= 0.3 is 0 Å². The van der Waals surface area contributed by atoms with Gasteiger partial charge in [0.25, 0.3) is 5.91 Å². The Bertz CT molecular complexity index is 1180. The fourth-order valence-electron chi connectivity index (χ4n) is 3.39. The number of aromatic nitrogens is 2. The monoisotopic (exact) mass is 449 g/mol. The van der Waals surface area contributed by atoms with Crippen molar-refractivity contribution in [1.29, 1.82) is 0 Å². The molecule has 1 atom stereocenters. The van der Waals surface area contributed by atoms with Crippen LogP contribution in [0.5, 0.6) is 17.2 Å². The zero-order chi connectivity index (χ0) is 23.2. The van der Waals surface area contributed by atoms with Crippen molar-refractivity contribution >= 4 is 5.91 Å². The Kier molecular flexibility index (Phi) is 6.58. The first kappa shape index (κ1) is 21.9. The van der Waals surface area contributed by atoms with Gasteiger partial charge in [-0.2, -0.15) is 4.98 Å². The Morgan fingerprint density at radius 1 is 1.00 bits per heavy atom. The maximum Gasteiger partial charge on any atom is 0.287 e. The van der Waals surface area contributed by atoms with Gasteiger partial charge in [-0.1, -0.05) is 35.5 Å². The number of nitrogens with one attached hydrogen (secondary N) is 1. The van der Waals surface area contributed by atoms with E-state index < -0.39 is 6.04 Å². The van der Waals surface area contributed by atoms with Crippen molar-refractivity contribution in [2.75, 3.05) is 21.3 Å². The molecule has 0 radical (unpaired) electrons. The zero-order valence-electron chi connectivity index (χ0n) is 18.4. The Morgan fingerprint density at radius 2 is 1.73 bits per heavy atom. The average Bonchev–Trinajstić information content (AvgIpc) is 3.56. The number of methoxy groups -OCH3 is 3. The molecule has 0 aliphatic carbocycles. The van der Waals surface area contributed by atoms with Gasteiger partial charge in [0.15, 0.2) is 17.3 Å². The smallest absolute Gasteiger partial charge is 0.287 e. The molecule has 2 aromatic carbocycles. The predicted molar refractivity (Wildman–Crippen MR) is 118 cm³/mol. The van der Waals surface area contributed by atoms with Crippen LogP contribution in [0.3, 0.4) is 0 Å². The molecule has 33 heavy (non-hydrogen) atoms. The Balaban J connectivity index is 1.66. The van der Waals surface area contributed by atoms with E-state index in [1.165, 1.54) is 27.6 Å². The first-order chi connectivity index (χ1) is 16.1. The number of hydrogen-bond donors (Lipinski definition) is 1. The minimum Gasteiger partial charge on any atom is -0.493 e. The summed E-state index contributed by atoms with van der Waals surface area (Å²) in [4.78, 5) is 17.2. The Hall–Kier alpha value is -4.27. The summed E-state index contributed by atoms with van der Waals surface area (Å²) in [6.45, 7) is 0. The highest BCUT2D eigenvalue weighted by Crippen LogP contribution is 2.40. The number of hydrogen-bond acceptors (Lipinski definition) is 8. The van der Waals surface area contributed by atoms with Gasteiger partial charge in [-0.25, -0.2) is 0 Å². The quantitative estimate of drug-likeness (QED) is 0.407. The summed E-state index contributed by atoms with van der Waals surface area (Å²) >= 11 is 0. The molecule has 1 N–H and O–H groups in total. The lowest BCUT2D eigenvalue weighted by atomic mass is 10.1. The van der Waals surface area contributed by atoms with Crippen molar-refractivity contribution in [2.24, 2.45) is 0 Å². The Labute approximate surface area is 190 Å². The van der Waals surface area contributed by atoms with Crippen LogP contribution in [-0.4, -0.2) is 37.4 Å². The predicted octanol–water partition coefficient (Wildman–Crippen LogP) is 4.07. The van der Waals surface area contributed by atoms with Crippen molar-refractivity contribution in [3.05, 3.63) is 78.1 Å². The van der Waals surface area contributed by atoms with Crippen molar-refractivity contribution in [3.8, 4) is 28.6 Å². The summed E-state index contributed by atoms with van der Waals surface area (Å²) in [5.41, 5.74) is 1.60. The molecule has 170 valence electrons. The van der Waals surface area contributed by atoms with E-state index >= 15 is 0 Å². The van der Waals surface area contributed by atoms with Crippen LogP contribution < -0.4 is 19.5 Å². The van der Waals surface area contributed by atoms with Gasteiger partial charge < -0.3 is 28.5 Å². The molecule has 0 saturated carbocycles. The molecule has 0 spiro atoms. The molecular weight excluding hydrogens is 426 g/mol. The zero-order valence-corrected chi connectivity index (χ0v) is 18.4. The van der Waals surface area contributed by atoms with E-state index in [9.17, 15) is 4.79 Å². The Morgan fingerprint density at radius 3 is 2.33 bits per heavy atom. The van der Waals surface area contributed by atoms with Gasteiger partial charge in [0, 0.05) is 12.0 Å². The van der Waals surface area contributed by atoms with Crippen molar-refractivity contribution in [3.63, 3.8) is 0 Å². The second kappa shape index (κ2) is 9.90. The minimum absolute atomic E-state index is 0.192. The van der Waals surface area contributed by atoms with Gasteiger partial charge in [-0.3, -0.25) is 4.79 Å². The molecule has 0 aliphatic rings. The number of ether oxygens (including phenoxy) is 3. The molecule has 9 nitrogen and oxygen atoms in total. The molecule has 9 heteroatoms. The normalized spacial score (nSPS) is 11.6. The van der Waals surface area contributed by atoms with Crippen LogP contribution in [0, 0.1) is 0 Å². The summed E-state index contributed by atoms with van der Waals surface area (Å²) in [7, 11) is 4.59. The highest BCUT2D eigenvalue weighted by atomic mass is 16.5. The maximum absolute atomic E-state index is 12.7. The highest BCUT2D eigenvalue weighted by Gasteiger charge is 2.25. The molecule has 2 aromatic heterocycles. The van der Waals surface area contributed by atoms with E-state index in [4.69, 9.17) is 23.2 Å². The fourth-order valence-corrected chi connectivity index (χ4v) is 3.39. The number of nitrogens with zero attached hydrogens (tertiary/aromatic N) is 2. The van der Waals surface area contributed by atoms with E-state index in [-0.39, 0.29) is 17.6 Å². The summed E-state index contributed by atoms with van der Waals surface area (Å²) in [5.74, 6) is 1.76. The van der Waals surface area contributed by atoms with Crippen molar-refractivity contribution in [1.82, 2.24) is 15.5 Å². The van der Waals surface area contributed by atoms with E-state index in [1.54, 1.807) is 24.3 Å². The van der Waals surface area contributed by atoms with E-state index in [0.29, 0.717) is 35.1 Å². The average molecular weight is 449 g/mol. The lowest BCUT2D eigenvalue weighted by molar-refractivity contribution is 0.0900. The lowest BCUT2D eigenvalue weighted by Gasteiger charge is -2.14. The SMILES string of the molecule is COc1cc(-c2noc([C@@H](Cc3ccccc3)NC(=O)c3ccco3)n2)cc(OC)c1OC.